The van der Waals surface area contributed by atoms with Gasteiger partial charge in [0.25, 0.3) is 0 Å². The monoisotopic (exact) mass is 176 g/mol. The van der Waals surface area contributed by atoms with Crippen LogP contribution in [0, 0.1) is 0 Å². The summed E-state index contributed by atoms with van der Waals surface area (Å²) >= 11 is 5.54. The highest BCUT2D eigenvalue weighted by Crippen LogP contribution is 1.99. The molecule has 0 N–H and O–H groups in total. The van der Waals surface area contributed by atoms with E-state index in [1.54, 1.807) is 0 Å². The molecule has 0 unspecified atom stereocenters. The lowest BCUT2D eigenvalue weighted by Crippen LogP contribution is -2.06. The quantitative estimate of drug-likeness (QED) is 0.272. The molecule has 0 radical (unpaired) electrons. The molecule has 0 heterocycles. The molecule has 0 atom stereocenters. The molecule has 0 aliphatic rings. The predicted molar refractivity (Wildman–Crippen MR) is 51.4 cm³/mol. The van der Waals surface area contributed by atoms with Crippen molar-refractivity contribution in [3.63, 3.8) is 0 Å². The molecule has 0 fully saturated rings. The van der Waals surface area contributed by atoms with Crippen molar-refractivity contribution in [1.82, 2.24) is 5.01 Å². The van der Waals surface area contributed by atoms with E-state index in [0.717, 1.165) is 25.1 Å². The second kappa shape index (κ2) is 6.47. The van der Waals surface area contributed by atoms with Gasteiger partial charge in [0.2, 0.25) is 0 Å². The maximum absolute atomic E-state index is 5.54. The van der Waals surface area contributed by atoms with E-state index in [9.17, 15) is 0 Å². The summed E-state index contributed by atoms with van der Waals surface area (Å²) in [4.78, 5) is 0. The zero-order chi connectivity index (χ0) is 8.69. The van der Waals surface area contributed by atoms with Gasteiger partial charge in [-0.2, -0.15) is 5.10 Å². The van der Waals surface area contributed by atoms with Gasteiger partial charge in [-0.3, -0.25) is 0 Å². The van der Waals surface area contributed by atoms with Crippen LogP contribution in [0.3, 0.4) is 0 Å². The third-order valence-electron chi connectivity index (χ3n) is 1.29. The average Bonchev–Trinajstić information content (AvgIpc) is 1.86. The Morgan fingerprint density at radius 1 is 1.36 bits per heavy atom. The number of alkyl halides is 1. The average molecular weight is 177 g/mol. The fourth-order valence-electron chi connectivity index (χ4n) is 0.867. The molecule has 0 aliphatic heterocycles. The molecular formula is C8H17ClN2. The second-order valence-corrected chi connectivity index (χ2v) is 3.21. The van der Waals surface area contributed by atoms with Crippen LogP contribution in [-0.2, 0) is 0 Å². The fraction of sp³-hybridized carbons (Fsp3) is 0.875. The van der Waals surface area contributed by atoms with Crippen molar-refractivity contribution >= 4 is 17.3 Å². The van der Waals surface area contributed by atoms with Gasteiger partial charge >= 0.3 is 0 Å². The largest absolute Gasteiger partial charge is 0.303 e. The van der Waals surface area contributed by atoms with Crippen molar-refractivity contribution in [2.45, 2.75) is 26.2 Å². The van der Waals surface area contributed by atoms with Crippen LogP contribution in [0.5, 0.6) is 0 Å². The number of hydrogen-bond acceptors (Lipinski definition) is 2. The normalized spacial score (nSPS) is 11.8. The number of unbranched alkanes of at least 4 members (excludes halogenated alkanes) is 1. The lowest BCUT2D eigenvalue weighted by Gasteiger charge is -2.06. The molecule has 0 saturated carbocycles. The van der Waals surface area contributed by atoms with Gasteiger partial charge in [0.1, 0.15) is 0 Å². The SMILES string of the molecule is C/C(CCCCCl)=N\N(C)C. The summed E-state index contributed by atoms with van der Waals surface area (Å²) < 4.78 is 0. The Balaban J connectivity index is 3.43. The minimum atomic E-state index is 0.759. The zero-order valence-corrected chi connectivity index (χ0v) is 8.36. The summed E-state index contributed by atoms with van der Waals surface area (Å²) in [5.74, 6) is 0.759. The maximum Gasteiger partial charge on any atom is 0.0349 e. The maximum atomic E-state index is 5.54. The summed E-state index contributed by atoms with van der Waals surface area (Å²) in [5.41, 5.74) is 1.18. The molecule has 0 amide bonds. The van der Waals surface area contributed by atoms with Crippen LogP contribution in [-0.4, -0.2) is 30.7 Å². The Morgan fingerprint density at radius 2 is 2.00 bits per heavy atom. The smallest absolute Gasteiger partial charge is 0.0349 e. The van der Waals surface area contributed by atoms with E-state index in [0.29, 0.717) is 0 Å². The molecule has 2 nitrogen and oxygen atoms in total. The van der Waals surface area contributed by atoms with E-state index in [1.165, 1.54) is 5.71 Å². The van der Waals surface area contributed by atoms with Crippen molar-refractivity contribution in [3.8, 4) is 0 Å². The van der Waals surface area contributed by atoms with Gasteiger partial charge in [0.15, 0.2) is 0 Å². The van der Waals surface area contributed by atoms with Crippen LogP contribution >= 0.6 is 11.6 Å². The zero-order valence-electron chi connectivity index (χ0n) is 7.60. The molecule has 0 aromatic carbocycles. The van der Waals surface area contributed by atoms with Gasteiger partial charge < -0.3 is 5.01 Å². The standard InChI is InChI=1S/C8H17ClN2/c1-8(10-11(2)3)6-4-5-7-9/h4-7H2,1-3H3/b10-8+. The minimum absolute atomic E-state index is 0.759. The predicted octanol–water partition coefficient (Wildman–Crippen LogP) is 2.33. The number of halogens is 1. The van der Waals surface area contributed by atoms with Crippen molar-refractivity contribution in [1.29, 1.82) is 0 Å². The highest BCUT2D eigenvalue weighted by molar-refractivity contribution is 6.17. The summed E-state index contributed by atoms with van der Waals surface area (Å²) in [6.45, 7) is 2.05. The van der Waals surface area contributed by atoms with Crippen LogP contribution < -0.4 is 0 Å². The van der Waals surface area contributed by atoms with E-state index < -0.39 is 0 Å². The van der Waals surface area contributed by atoms with E-state index in [1.807, 2.05) is 26.0 Å². The Morgan fingerprint density at radius 3 is 2.45 bits per heavy atom. The molecule has 66 valence electrons. The van der Waals surface area contributed by atoms with Crippen LogP contribution in [0.2, 0.25) is 0 Å². The molecule has 3 heteroatoms. The van der Waals surface area contributed by atoms with E-state index in [4.69, 9.17) is 11.6 Å². The molecule has 0 aromatic rings. The molecule has 0 rings (SSSR count). The summed E-state index contributed by atoms with van der Waals surface area (Å²) in [6, 6.07) is 0. The van der Waals surface area contributed by atoms with Crippen molar-refractivity contribution in [2.75, 3.05) is 20.0 Å². The highest BCUT2D eigenvalue weighted by Gasteiger charge is 1.92. The van der Waals surface area contributed by atoms with E-state index in [2.05, 4.69) is 5.10 Å². The first-order valence-electron chi connectivity index (χ1n) is 3.94. The number of rotatable bonds is 5. The van der Waals surface area contributed by atoms with Gasteiger partial charge in [-0.1, -0.05) is 0 Å². The molecule has 0 aliphatic carbocycles. The van der Waals surface area contributed by atoms with E-state index in [-0.39, 0.29) is 0 Å². The van der Waals surface area contributed by atoms with Crippen LogP contribution in [0.1, 0.15) is 26.2 Å². The third-order valence-corrected chi connectivity index (χ3v) is 1.56. The van der Waals surface area contributed by atoms with Crippen LogP contribution in [0.25, 0.3) is 0 Å². The summed E-state index contributed by atoms with van der Waals surface area (Å²) in [5, 5.41) is 6.09. The third kappa shape index (κ3) is 7.66. The molecular weight excluding hydrogens is 160 g/mol. The Kier molecular flexibility index (Phi) is 6.33. The van der Waals surface area contributed by atoms with Gasteiger partial charge in [-0.05, 0) is 26.2 Å². The first-order valence-corrected chi connectivity index (χ1v) is 4.47. The van der Waals surface area contributed by atoms with Gasteiger partial charge in [0.05, 0.1) is 0 Å². The molecule has 11 heavy (non-hydrogen) atoms. The molecule has 0 aromatic heterocycles. The molecule has 0 bridgehead atoms. The van der Waals surface area contributed by atoms with Crippen LogP contribution in [0.4, 0.5) is 0 Å². The lowest BCUT2D eigenvalue weighted by atomic mass is 10.2. The molecule has 0 saturated heterocycles. The number of hydrogen-bond donors (Lipinski definition) is 0. The topological polar surface area (TPSA) is 15.6 Å². The Bertz CT molecular complexity index is 121. The highest BCUT2D eigenvalue weighted by atomic mass is 35.5. The van der Waals surface area contributed by atoms with Crippen molar-refractivity contribution < 1.29 is 0 Å². The number of nitrogens with zero attached hydrogens (tertiary/aromatic N) is 2. The lowest BCUT2D eigenvalue weighted by molar-refractivity contribution is 0.435. The van der Waals surface area contributed by atoms with E-state index >= 15 is 0 Å². The summed E-state index contributed by atoms with van der Waals surface area (Å²) in [6.07, 6.45) is 3.29. The van der Waals surface area contributed by atoms with Gasteiger partial charge in [0, 0.05) is 25.7 Å². The van der Waals surface area contributed by atoms with Gasteiger partial charge in [-0.15, -0.1) is 11.6 Å². The van der Waals surface area contributed by atoms with Crippen molar-refractivity contribution in [3.05, 3.63) is 0 Å². The Hall–Kier alpha value is -0.240. The molecule has 0 spiro atoms. The second-order valence-electron chi connectivity index (χ2n) is 2.83. The fourth-order valence-corrected chi connectivity index (χ4v) is 1.06. The minimum Gasteiger partial charge on any atom is -0.303 e. The van der Waals surface area contributed by atoms with Gasteiger partial charge in [-0.25, -0.2) is 0 Å². The first kappa shape index (κ1) is 10.8. The first-order chi connectivity index (χ1) is 5.16. The van der Waals surface area contributed by atoms with Crippen LogP contribution in [0.15, 0.2) is 5.10 Å². The Labute approximate surface area is 74.2 Å². The summed E-state index contributed by atoms with van der Waals surface area (Å²) in [7, 11) is 3.87. The number of hydrazone groups is 1. The van der Waals surface area contributed by atoms with Crippen molar-refractivity contribution in [2.24, 2.45) is 5.10 Å².